The van der Waals surface area contributed by atoms with Gasteiger partial charge in [0, 0.05) is 31.6 Å². The Labute approximate surface area is 104 Å². The summed E-state index contributed by atoms with van der Waals surface area (Å²) in [6.45, 7) is 4.38. The van der Waals surface area contributed by atoms with Crippen LogP contribution in [0.4, 0.5) is 5.88 Å². The molecule has 2 rings (SSSR count). The highest BCUT2D eigenvalue weighted by Gasteiger charge is 2.14. The summed E-state index contributed by atoms with van der Waals surface area (Å²) in [6, 6.07) is 4.40. The first-order chi connectivity index (χ1) is 8.29. The zero-order valence-corrected chi connectivity index (χ0v) is 10.8. The maximum absolute atomic E-state index is 5.94. The van der Waals surface area contributed by atoms with Gasteiger partial charge in [0.2, 0.25) is 0 Å². The molecule has 2 heterocycles. The summed E-state index contributed by atoms with van der Waals surface area (Å²) in [6.07, 6.45) is 7.12. The summed E-state index contributed by atoms with van der Waals surface area (Å²) < 4.78 is 5.90. The van der Waals surface area contributed by atoms with E-state index < -0.39 is 0 Å². The fourth-order valence-electron chi connectivity index (χ4n) is 2.34. The van der Waals surface area contributed by atoms with Crippen LogP contribution < -0.4 is 10.6 Å². The van der Waals surface area contributed by atoms with Crippen molar-refractivity contribution in [3.63, 3.8) is 0 Å². The summed E-state index contributed by atoms with van der Waals surface area (Å²) in [7, 11) is 0. The normalized spacial score (nSPS) is 19.1. The summed E-state index contributed by atoms with van der Waals surface area (Å²) in [5.41, 5.74) is 5.94. The molecule has 1 aliphatic heterocycles. The average Bonchev–Trinajstić information content (AvgIpc) is 2.63. The largest absolute Gasteiger partial charge is 0.446 e. The lowest BCUT2D eigenvalue weighted by atomic mass is 10.1. The van der Waals surface area contributed by atoms with Crippen molar-refractivity contribution in [2.75, 3.05) is 18.0 Å². The number of rotatable bonds is 4. The smallest absolute Gasteiger partial charge is 0.195 e. The third kappa shape index (κ3) is 3.50. The van der Waals surface area contributed by atoms with E-state index in [9.17, 15) is 0 Å². The van der Waals surface area contributed by atoms with Crippen molar-refractivity contribution in [3.8, 4) is 0 Å². The summed E-state index contributed by atoms with van der Waals surface area (Å²) >= 11 is 0. The second-order valence-corrected chi connectivity index (χ2v) is 5.01. The van der Waals surface area contributed by atoms with E-state index in [0.717, 1.165) is 37.6 Å². The highest BCUT2D eigenvalue weighted by molar-refractivity contribution is 5.36. The van der Waals surface area contributed by atoms with E-state index in [4.69, 9.17) is 10.2 Å². The van der Waals surface area contributed by atoms with Crippen molar-refractivity contribution in [1.29, 1.82) is 0 Å². The van der Waals surface area contributed by atoms with E-state index in [-0.39, 0.29) is 6.04 Å². The molecule has 2 N–H and O–H groups in total. The minimum atomic E-state index is 0.220. The Bertz CT molecular complexity index is 327. The van der Waals surface area contributed by atoms with Gasteiger partial charge in [0.05, 0.1) is 0 Å². The molecular formula is C14H24N2O. The molecule has 1 fully saturated rings. The quantitative estimate of drug-likeness (QED) is 0.874. The minimum Gasteiger partial charge on any atom is -0.446 e. The number of nitrogens with zero attached hydrogens (tertiary/aromatic N) is 1. The minimum absolute atomic E-state index is 0.220. The Morgan fingerprint density at radius 1 is 1.24 bits per heavy atom. The third-order valence-corrected chi connectivity index (χ3v) is 3.55. The average molecular weight is 236 g/mol. The molecule has 3 heteroatoms. The summed E-state index contributed by atoms with van der Waals surface area (Å²) in [4.78, 5) is 2.37. The van der Waals surface area contributed by atoms with Gasteiger partial charge in [-0.05, 0) is 25.3 Å². The number of anilines is 1. The van der Waals surface area contributed by atoms with Gasteiger partial charge < -0.3 is 15.1 Å². The van der Waals surface area contributed by atoms with E-state index in [0.29, 0.717) is 0 Å². The lowest BCUT2D eigenvalue weighted by Crippen LogP contribution is -2.23. The van der Waals surface area contributed by atoms with Gasteiger partial charge in [0.15, 0.2) is 5.88 Å². The Hall–Kier alpha value is -0.960. The van der Waals surface area contributed by atoms with Crippen LogP contribution in [0.1, 0.15) is 44.8 Å². The molecule has 17 heavy (non-hydrogen) atoms. The molecule has 0 saturated carbocycles. The third-order valence-electron chi connectivity index (χ3n) is 3.55. The molecule has 0 amide bonds. The molecule has 1 saturated heterocycles. The Balaban J connectivity index is 1.96. The van der Waals surface area contributed by atoms with Gasteiger partial charge in [-0.25, -0.2) is 0 Å². The first kappa shape index (κ1) is 12.5. The van der Waals surface area contributed by atoms with Gasteiger partial charge in [-0.2, -0.15) is 0 Å². The van der Waals surface area contributed by atoms with Gasteiger partial charge in [-0.1, -0.05) is 19.8 Å². The molecule has 1 aromatic heterocycles. The number of nitrogens with two attached hydrogens (primary N) is 1. The van der Waals surface area contributed by atoms with Crippen molar-refractivity contribution < 1.29 is 4.42 Å². The number of hydrogen-bond acceptors (Lipinski definition) is 3. The fraction of sp³-hybridized carbons (Fsp3) is 0.714. The molecule has 0 radical (unpaired) electrons. The summed E-state index contributed by atoms with van der Waals surface area (Å²) in [5.74, 6) is 2.06. The van der Waals surface area contributed by atoms with Crippen molar-refractivity contribution in [2.45, 2.75) is 51.5 Å². The summed E-state index contributed by atoms with van der Waals surface area (Å²) in [5, 5.41) is 0. The predicted octanol–water partition coefficient (Wildman–Crippen LogP) is 2.94. The van der Waals surface area contributed by atoms with Gasteiger partial charge in [-0.15, -0.1) is 0 Å². The lowest BCUT2D eigenvalue weighted by Gasteiger charge is -2.19. The second-order valence-electron chi connectivity index (χ2n) is 5.01. The predicted molar refractivity (Wildman–Crippen MR) is 71.4 cm³/mol. The molecule has 1 atom stereocenters. The van der Waals surface area contributed by atoms with E-state index in [1.54, 1.807) is 0 Å². The Kier molecular flexibility index (Phi) is 4.49. The molecule has 1 unspecified atom stereocenters. The highest BCUT2D eigenvalue weighted by atomic mass is 16.4. The van der Waals surface area contributed by atoms with Crippen LogP contribution in [-0.2, 0) is 6.42 Å². The zero-order chi connectivity index (χ0) is 12.1. The molecule has 0 spiro atoms. The second kappa shape index (κ2) is 6.10. The SMILES string of the molecule is CCC(N)Cc1ccc(N2CCCCCC2)o1. The van der Waals surface area contributed by atoms with Crippen LogP contribution in [0.15, 0.2) is 16.5 Å². The van der Waals surface area contributed by atoms with Crippen LogP contribution in [0.2, 0.25) is 0 Å². The van der Waals surface area contributed by atoms with Crippen molar-refractivity contribution >= 4 is 5.88 Å². The number of hydrogen-bond donors (Lipinski definition) is 1. The van der Waals surface area contributed by atoms with E-state index in [2.05, 4.69) is 24.0 Å². The van der Waals surface area contributed by atoms with E-state index in [1.165, 1.54) is 25.7 Å². The van der Waals surface area contributed by atoms with E-state index in [1.807, 2.05) is 0 Å². The molecule has 0 aliphatic carbocycles. The molecular weight excluding hydrogens is 212 g/mol. The molecule has 3 nitrogen and oxygen atoms in total. The molecule has 0 bridgehead atoms. The Morgan fingerprint density at radius 3 is 2.59 bits per heavy atom. The van der Waals surface area contributed by atoms with Crippen molar-refractivity contribution in [2.24, 2.45) is 5.73 Å². The first-order valence-corrected chi connectivity index (χ1v) is 6.89. The maximum atomic E-state index is 5.94. The van der Waals surface area contributed by atoms with Gasteiger partial charge in [0.25, 0.3) is 0 Å². The van der Waals surface area contributed by atoms with Gasteiger partial charge >= 0.3 is 0 Å². The van der Waals surface area contributed by atoms with E-state index >= 15 is 0 Å². The van der Waals surface area contributed by atoms with Crippen LogP contribution in [-0.4, -0.2) is 19.1 Å². The van der Waals surface area contributed by atoms with Crippen LogP contribution >= 0.6 is 0 Å². The Morgan fingerprint density at radius 2 is 1.94 bits per heavy atom. The first-order valence-electron chi connectivity index (χ1n) is 6.89. The van der Waals surface area contributed by atoms with Gasteiger partial charge in [-0.3, -0.25) is 0 Å². The molecule has 1 aromatic rings. The topological polar surface area (TPSA) is 42.4 Å². The standard InChI is InChI=1S/C14H24N2O/c1-2-12(15)11-13-7-8-14(17-13)16-9-5-3-4-6-10-16/h7-8,12H,2-6,9-11,15H2,1H3. The number of furan rings is 1. The highest BCUT2D eigenvalue weighted by Crippen LogP contribution is 2.22. The van der Waals surface area contributed by atoms with Crippen LogP contribution in [0.3, 0.4) is 0 Å². The maximum Gasteiger partial charge on any atom is 0.195 e. The van der Waals surface area contributed by atoms with Crippen LogP contribution in [0, 0.1) is 0 Å². The zero-order valence-electron chi connectivity index (χ0n) is 10.8. The van der Waals surface area contributed by atoms with Crippen LogP contribution in [0.25, 0.3) is 0 Å². The molecule has 1 aliphatic rings. The van der Waals surface area contributed by atoms with Gasteiger partial charge in [0.1, 0.15) is 5.76 Å². The molecule has 0 aromatic carbocycles. The van der Waals surface area contributed by atoms with Crippen molar-refractivity contribution in [1.82, 2.24) is 0 Å². The lowest BCUT2D eigenvalue weighted by molar-refractivity contribution is 0.472. The fourth-order valence-corrected chi connectivity index (χ4v) is 2.34. The van der Waals surface area contributed by atoms with Crippen molar-refractivity contribution in [3.05, 3.63) is 17.9 Å². The van der Waals surface area contributed by atoms with Crippen LogP contribution in [0.5, 0.6) is 0 Å². The molecule has 96 valence electrons. The monoisotopic (exact) mass is 236 g/mol.